The molecule has 2 amide bonds. The number of carboxylic acids is 1. The van der Waals surface area contributed by atoms with Gasteiger partial charge in [0, 0.05) is 6.54 Å². The maximum Gasteiger partial charge on any atom is 0.408 e. The Morgan fingerprint density at radius 2 is 1.68 bits per heavy atom. The molecule has 0 bridgehead atoms. The van der Waals surface area contributed by atoms with E-state index in [1.165, 1.54) is 4.90 Å². The summed E-state index contributed by atoms with van der Waals surface area (Å²) in [6, 6.07) is -0.798. The Morgan fingerprint density at radius 3 is 2.07 bits per heavy atom. The van der Waals surface area contributed by atoms with Crippen molar-refractivity contribution in [3.05, 3.63) is 0 Å². The van der Waals surface area contributed by atoms with Crippen molar-refractivity contribution in [3.8, 4) is 0 Å². The van der Waals surface area contributed by atoms with Crippen LogP contribution in [0.25, 0.3) is 0 Å². The lowest BCUT2D eigenvalue weighted by Crippen LogP contribution is -2.47. The number of hydrogen-bond acceptors (Lipinski definition) is 4. The van der Waals surface area contributed by atoms with E-state index in [9.17, 15) is 19.5 Å². The zero-order chi connectivity index (χ0) is 22.5. The second kappa shape index (κ2) is 14.2. The molecular formula is C21H42N2O5. The highest BCUT2D eigenvalue weighted by molar-refractivity contribution is 5.87. The predicted octanol–water partition coefficient (Wildman–Crippen LogP) is 4.30. The van der Waals surface area contributed by atoms with Crippen LogP contribution in [0.5, 0.6) is 0 Å². The van der Waals surface area contributed by atoms with E-state index in [0.29, 0.717) is 13.0 Å². The van der Waals surface area contributed by atoms with Crippen LogP contribution in [0.2, 0.25) is 0 Å². The average molecular weight is 403 g/mol. The maximum absolute atomic E-state index is 12.2. The van der Waals surface area contributed by atoms with E-state index in [-0.39, 0.29) is 12.5 Å². The average Bonchev–Trinajstić information content (AvgIpc) is 2.97. The second-order valence-electron chi connectivity index (χ2n) is 8.30. The number of nitrogens with zero attached hydrogens (tertiary/aromatic N) is 1. The van der Waals surface area contributed by atoms with E-state index >= 15 is 0 Å². The van der Waals surface area contributed by atoms with Gasteiger partial charge < -0.3 is 20.1 Å². The monoisotopic (exact) mass is 402 g/mol. The third kappa shape index (κ3) is 12.6. The van der Waals surface area contributed by atoms with Crippen molar-refractivity contribution in [1.82, 2.24) is 10.2 Å². The minimum atomic E-state index is -0.985. The molecule has 166 valence electrons. The summed E-state index contributed by atoms with van der Waals surface area (Å²) in [5.74, 6) is -0.564. The van der Waals surface area contributed by atoms with E-state index in [1.807, 2.05) is 20.8 Å². The van der Waals surface area contributed by atoms with Crippen LogP contribution < -0.4 is 5.32 Å². The van der Waals surface area contributed by atoms with Crippen LogP contribution in [-0.4, -0.2) is 52.7 Å². The normalized spacial score (nSPS) is 18.4. The van der Waals surface area contributed by atoms with Crippen molar-refractivity contribution < 1.29 is 24.2 Å². The van der Waals surface area contributed by atoms with Gasteiger partial charge in [0.25, 0.3) is 0 Å². The minimum absolute atomic E-state index is 0.0204. The molecule has 1 saturated heterocycles. The Balaban J connectivity index is 0. The molecule has 0 aromatic carbocycles. The Hall–Kier alpha value is -1.79. The lowest BCUT2D eigenvalue weighted by Gasteiger charge is -2.25. The molecule has 0 radical (unpaired) electrons. The topological polar surface area (TPSA) is 95.9 Å². The van der Waals surface area contributed by atoms with Crippen molar-refractivity contribution in [2.45, 2.75) is 93.2 Å². The summed E-state index contributed by atoms with van der Waals surface area (Å²) in [7, 11) is 0. The van der Waals surface area contributed by atoms with Crippen molar-refractivity contribution in [2.24, 2.45) is 11.8 Å². The first-order valence-electron chi connectivity index (χ1n) is 10.4. The number of alkyl carbamates (subject to hydrolysis) is 1. The largest absolute Gasteiger partial charge is 0.480 e. The number of carboxylic acid groups (broad SMARTS) is 1. The van der Waals surface area contributed by atoms with Gasteiger partial charge in [0.1, 0.15) is 18.2 Å². The van der Waals surface area contributed by atoms with Crippen LogP contribution >= 0.6 is 0 Å². The summed E-state index contributed by atoms with van der Waals surface area (Å²) < 4.78 is 5.05. The fourth-order valence-corrected chi connectivity index (χ4v) is 2.71. The smallest absolute Gasteiger partial charge is 0.408 e. The van der Waals surface area contributed by atoms with Gasteiger partial charge in [-0.3, -0.25) is 4.79 Å². The number of amides is 2. The molecule has 0 aliphatic carbocycles. The molecule has 0 spiro atoms. The number of aliphatic carboxylic acids is 1. The number of nitrogens with one attached hydrogen (secondary N) is 1. The van der Waals surface area contributed by atoms with Crippen LogP contribution in [0.3, 0.4) is 0 Å². The summed E-state index contributed by atoms with van der Waals surface area (Å²) >= 11 is 0. The molecule has 2 N–H and O–H groups in total. The van der Waals surface area contributed by atoms with Gasteiger partial charge in [0.2, 0.25) is 5.91 Å². The van der Waals surface area contributed by atoms with E-state index in [1.54, 1.807) is 20.8 Å². The zero-order valence-electron chi connectivity index (χ0n) is 19.3. The van der Waals surface area contributed by atoms with Gasteiger partial charge in [-0.15, -0.1) is 0 Å². The molecule has 1 heterocycles. The first-order chi connectivity index (χ1) is 12.9. The summed E-state index contributed by atoms with van der Waals surface area (Å²) in [6.07, 6.45) is 1.66. The van der Waals surface area contributed by atoms with Crippen molar-refractivity contribution in [2.75, 3.05) is 13.1 Å². The summed E-state index contributed by atoms with van der Waals surface area (Å²) in [4.78, 5) is 36.5. The third-order valence-corrected chi connectivity index (χ3v) is 3.54. The molecule has 7 heteroatoms. The first kappa shape index (κ1) is 28.4. The molecular weight excluding hydrogens is 360 g/mol. The highest BCUT2D eigenvalue weighted by Crippen LogP contribution is 2.28. The van der Waals surface area contributed by atoms with Gasteiger partial charge in [-0.25, -0.2) is 9.59 Å². The molecule has 0 aromatic rings. The number of rotatable bonds is 5. The molecule has 2 atom stereocenters. The van der Waals surface area contributed by atoms with Crippen LogP contribution in [0.1, 0.15) is 81.6 Å². The number of ether oxygens (including phenoxy) is 1. The van der Waals surface area contributed by atoms with E-state index in [2.05, 4.69) is 26.1 Å². The molecule has 1 aliphatic rings. The number of carbonyl (C=O) groups excluding carboxylic acids is 2. The molecule has 7 nitrogen and oxygen atoms in total. The predicted molar refractivity (Wildman–Crippen MR) is 112 cm³/mol. The van der Waals surface area contributed by atoms with Gasteiger partial charge in [-0.05, 0) is 45.4 Å². The Labute approximate surface area is 171 Å². The molecule has 28 heavy (non-hydrogen) atoms. The van der Waals surface area contributed by atoms with Gasteiger partial charge in [-0.2, -0.15) is 0 Å². The quantitative estimate of drug-likeness (QED) is 0.715. The number of likely N-dealkylation sites (tertiary alicyclic amines) is 1. The second-order valence-corrected chi connectivity index (χ2v) is 8.30. The summed E-state index contributed by atoms with van der Waals surface area (Å²) in [6.45, 7) is 17.8. The molecule has 1 unspecified atom stereocenters. The van der Waals surface area contributed by atoms with Crippen molar-refractivity contribution in [3.63, 3.8) is 0 Å². The van der Waals surface area contributed by atoms with Crippen LogP contribution in [0, 0.1) is 11.8 Å². The Kier molecular flexibility index (Phi) is 14.5. The molecule has 0 aromatic heterocycles. The number of carbonyl (C=O) groups is 3. The van der Waals surface area contributed by atoms with Crippen molar-refractivity contribution >= 4 is 18.0 Å². The SMILES string of the molecule is CC.CC(C)C.CCC[C@H]1CCN(C(=O)CNC(=O)OC(C)(C)C)C1C(=O)O. The van der Waals surface area contributed by atoms with Gasteiger partial charge in [0.15, 0.2) is 0 Å². The van der Waals surface area contributed by atoms with E-state index in [4.69, 9.17) is 4.74 Å². The van der Waals surface area contributed by atoms with Crippen molar-refractivity contribution in [1.29, 1.82) is 0 Å². The number of hydrogen-bond donors (Lipinski definition) is 2. The molecule has 1 rings (SSSR count). The Morgan fingerprint density at radius 1 is 1.18 bits per heavy atom. The lowest BCUT2D eigenvalue weighted by atomic mass is 9.95. The highest BCUT2D eigenvalue weighted by atomic mass is 16.6. The molecule has 1 fully saturated rings. The molecule has 0 saturated carbocycles. The van der Waals surface area contributed by atoms with Gasteiger partial charge >= 0.3 is 12.1 Å². The van der Waals surface area contributed by atoms with E-state index < -0.39 is 29.6 Å². The van der Waals surface area contributed by atoms with Gasteiger partial charge in [-0.1, -0.05) is 48.0 Å². The fraction of sp³-hybridized carbons (Fsp3) is 0.857. The lowest BCUT2D eigenvalue weighted by molar-refractivity contribution is -0.149. The van der Waals surface area contributed by atoms with Gasteiger partial charge in [0.05, 0.1) is 0 Å². The molecule has 1 aliphatic heterocycles. The standard InChI is InChI=1S/C15H26N2O5.C4H10.C2H6/c1-5-6-10-7-8-17(12(10)13(19)20)11(18)9-16-14(21)22-15(2,3)4;1-4(2)3;1-2/h10,12H,5-9H2,1-4H3,(H,16,21)(H,19,20);4H,1-3H3;1-2H3/t10-,12?;;/m0../s1. The minimum Gasteiger partial charge on any atom is -0.480 e. The third-order valence-electron chi connectivity index (χ3n) is 3.54. The fourth-order valence-electron chi connectivity index (χ4n) is 2.71. The van der Waals surface area contributed by atoms with E-state index in [0.717, 1.165) is 18.8 Å². The summed E-state index contributed by atoms with van der Waals surface area (Å²) in [5, 5.41) is 11.7. The maximum atomic E-state index is 12.2. The highest BCUT2D eigenvalue weighted by Gasteiger charge is 2.41. The Bertz CT molecular complexity index is 469. The van der Waals surface area contributed by atoms with Crippen LogP contribution in [-0.2, 0) is 14.3 Å². The first-order valence-corrected chi connectivity index (χ1v) is 10.4. The van der Waals surface area contributed by atoms with Crippen LogP contribution in [0.4, 0.5) is 4.79 Å². The summed E-state index contributed by atoms with van der Waals surface area (Å²) in [5.41, 5.74) is -0.642. The zero-order valence-corrected chi connectivity index (χ0v) is 19.3. The van der Waals surface area contributed by atoms with Crippen LogP contribution in [0.15, 0.2) is 0 Å².